The molecular formula is C11H32O4Si4. The van der Waals surface area contributed by atoms with Crippen LogP contribution < -0.4 is 0 Å². The lowest BCUT2D eigenvalue weighted by molar-refractivity contribution is 0.200. The van der Waals surface area contributed by atoms with Gasteiger partial charge in [-0.15, -0.1) is 0 Å². The molecule has 0 aliphatic carbocycles. The summed E-state index contributed by atoms with van der Waals surface area (Å²) in [7, 11) is -6.55. The van der Waals surface area contributed by atoms with Crippen LogP contribution in [0.3, 0.4) is 0 Å². The maximum Gasteiger partial charge on any atom is 0.479 e. The Labute approximate surface area is 123 Å². The molecule has 0 aromatic heterocycles. The lowest BCUT2D eigenvalue weighted by Gasteiger charge is -2.39. The molecule has 19 heavy (non-hydrogen) atoms. The molecule has 8 heteroatoms. The molecule has 116 valence electrons. The van der Waals surface area contributed by atoms with Crippen molar-refractivity contribution in [3.63, 3.8) is 0 Å². The first-order valence-electron chi connectivity index (χ1n) is 6.86. The molecule has 0 aliphatic heterocycles. The summed E-state index contributed by atoms with van der Waals surface area (Å²) in [5, 5.41) is 0. The van der Waals surface area contributed by atoms with Crippen LogP contribution in [0.4, 0.5) is 0 Å². The van der Waals surface area contributed by atoms with Crippen LogP contribution in [0.1, 0.15) is 0 Å². The van der Waals surface area contributed by atoms with Crippen LogP contribution in [0, 0.1) is 0 Å². The van der Waals surface area contributed by atoms with Crippen molar-refractivity contribution in [3.05, 3.63) is 0 Å². The molecule has 0 heterocycles. The smallest absolute Gasteiger partial charge is 0.432 e. The van der Waals surface area contributed by atoms with Gasteiger partial charge in [-0.3, -0.25) is 0 Å². The predicted molar refractivity (Wildman–Crippen MR) is 90.9 cm³/mol. The lowest BCUT2D eigenvalue weighted by Crippen LogP contribution is -2.56. The first-order valence-corrected chi connectivity index (χ1v) is 18.8. The second kappa shape index (κ2) is 6.65. The van der Waals surface area contributed by atoms with Gasteiger partial charge in [0, 0.05) is 13.2 Å². The van der Waals surface area contributed by atoms with Gasteiger partial charge in [0.2, 0.25) is 0 Å². The van der Waals surface area contributed by atoms with Crippen molar-refractivity contribution in [1.29, 1.82) is 0 Å². The number of hydrogen-bond donors (Lipinski definition) is 1. The second-order valence-electron chi connectivity index (χ2n) is 7.63. The molecule has 0 atom stereocenters. The van der Waals surface area contributed by atoms with Crippen LogP contribution in [-0.4, -0.2) is 45.7 Å². The van der Waals surface area contributed by atoms with E-state index in [0.717, 1.165) is 12.1 Å². The fourth-order valence-electron chi connectivity index (χ4n) is 1.70. The first-order chi connectivity index (χ1) is 8.18. The normalized spacial score (nSPS) is 14.8. The standard InChI is InChI=1S/C11H32O4Si4/c1-13-19(14-16(2,3)4,15-17(5,6)7)11-10-18(8,9)12/h12H,10-11H2,1-9H3. The molecule has 0 aliphatic rings. The largest absolute Gasteiger partial charge is 0.479 e. The van der Waals surface area contributed by atoms with Crippen LogP contribution in [0.2, 0.25) is 64.5 Å². The molecule has 0 spiro atoms. The molecule has 0 saturated carbocycles. The minimum absolute atomic E-state index is 0.730. The van der Waals surface area contributed by atoms with Crippen LogP contribution in [0.15, 0.2) is 0 Å². The summed E-state index contributed by atoms with van der Waals surface area (Å²) in [6, 6.07) is 1.50. The van der Waals surface area contributed by atoms with Crippen LogP contribution in [0.25, 0.3) is 0 Å². The fraction of sp³-hybridized carbons (Fsp3) is 1.00. The Hall–Kier alpha value is 0.708. The quantitative estimate of drug-likeness (QED) is 0.687. The summed E-state index contributed by atoms with van der Waals surface area (Å²) in [4.78, 5) is 10.1. The van der Waals surface area contributed by atoms with Crippen molar-refractivity contribution in [2.45, 2.75) is 64.5 Å². The van der Waals surface area contributed by atoms with E-state index in [-0.39, 0.29) is 0 Å². The molecule has 0 radical (unpaired) electrons. The van der Waals surface area contributed by atoms with E-state index in [1.165, 1.54) is 0 Å². The maximum atomic E-state index is 10.1. The van der Waals surface area contributed by atoms with E-state index in [2.05, 4.69) is 39.3 Å². The predicted octanol–water partition coefficient (Wildman–Crippen LogP) is 3.47. The van der Waals surface area contributed by atoms with Crippen LogP contribution in [-0.2, 0) is 12.7 Å². The minimum Gasteiger partial charge on any atom is -0.432 e. The van der Waals surface area contributed by atoms with E-state index < -0.39 is 33.8 Å². The summed E-state index contributed by atoms with van der Waals surface area (Å²) in [6.45, 7) is 16.8. The zero-order chi connectivity index (χ0) is 15.5. The Morgan fingerprint density at radius 3 is 1.32 bits per heavy atom. The van der Waals surface area contributed by atoms with Gasteiger partial charge in [-0.2, -0.15) is 0 Å². The van der Waals surface area contributed by atoms with E-state index in [4.69, 9.17) is 12.7 Å². The number of hydrogen-bond acceptors (Lipinski definition) is 4. The van der Waals surface area contributed by atoms with Gasteiger partial charge in [-0.05, 0) is 58.4 Å². The molecule has 0 bridgehead atoms. The first kappa shape index (κ1) is 19.7. The van der Waals surface area contributed by atoms with Crippen molar-refractivity contribution in [2.24, 2.45) is 0 Å². The van der Waals surface area contributed by atoms with E-state index in [0.29, 0.717) is 0 Å². The molecule has 0 unspecified atom stereocenters. The molecule has 0 rings (SSSR count). The van der Waals surface area contributed by atoms with Gasteiger partial charge >= 0.3 is 8.80 Å². The minimum atomic E-state index is -2.65. The third-order valence-electron chi connectivity index (χ3n) is 2.28. The Morgan fingerprint density at radius 2 is 1.11 bits per heavy atom. The van der Waals surface area contributed by atoms with Gasteiger partial charge in [-0.25, -0.2) is 0 Å². The molecular weight excluding hydrogens is 308 g/mol. The molecule has 4 nitrogen and oxygen atoms in total. The summed E-state index contributed by atoms with van der Waals surface area (Å²) >= 11 is 0. The second-order valence-corrected chi connectivity index (χ2v) is 24.1. The third-order valence-corrected chi connectivity index (χ3v) is 13.1. The van der Waals surface area contributed by atoms with Gasteiger partial charge in [0.1, 0.15) is 0 Å². The Balaban J connectivity index is 5.07. The Kier molecular flexibility index (Phi) is 6.89. The highest BCUT2D eigenvalue weighted by molar-refractivity contribution is 6.86. The summed E-state index contributed by atoms with van der Waals surface area (Å²) in [5.41, 5.74) is 0. The van der Waals surface area contributed by atoms with E-state index >= 15 is 0 Å². The average Bonchev–Trinajstić information content (AvgIpc) is 2.08. The molecule has 0 amide bonds. The van der Waals surface area contributed by atoms with Gasteiger partial charge in [0.05, 0.1) is 0 Å². The fourth-order valence-corrected chi connectivity index (χ4v) is 15.1. The van der Waals surface area contributed by atoms with Crippen LogP contribution in [0.5, 0.6) is 0 Å². The Bertz CT molecular complexity index is 262. The van der Waals surface area contributed by atoms with E-state index in [1.807, 2.05) is 13.1 Å². The zero-order valence-electron chi connectivity index (χ0n) is 14.1. The highest BCUT2D eigenvalue weighted by Gasteiger charge is 2.47. The van der Waals surface area contributed by atoms with Gasteiger partial charge in [-0.1, -0.05) is 0 Å². The van der Waals surface area contributed by atoms with Crippen molar-refractivity contribution in [1.82, 2.24) is 0 Å². The highest BCUT2D eigenvalue weighted by Crippen LogP contribution is 2.28. The van der Waals surface area contributed by atoms with Gasteiger partial charge in [0.25, 0.3) is 0 Å². The van der Waals surface area contributed by atoms with Crippen LogP contribution >= 0.6 is 0 Å². The van der Waals surface area contributed by atoms with Crippen molar-refractivity contribution in [3.8, 4) is 0 Å². The maximum absolute atomic E-state index is 10.1. The number of rotatable bonds is 8. The van der Waals surface area contributed by atoms with Gasteiger partial charge < -0.3 is 17.5 Å². The highest BCUT2D eigenvalue weighted by atomic mass is 28.5. The van der Waals surface area contributed by atoms with E-state index in [1.54, 1.807) is 7.11 Å². The zero-order valence-corrected chi connectivity index (χ0v) is 18.1. The monoisotopic (exact) mass is 340 g/mol. The van der Waals surface area contributed by atoms with Gasteiger partial charge in [0.15, 0.2) is 25.0 Å². The topological polar surface area (TPSA) is 47.9 Å². The van der Waals surface area contributed by atoms with Crippen molar-refractivity contribution in [2.75, 3.05) is 7.11 Å². The summed E-state index contributed by atoms with van der Waals surface area (Å²) in [6.07, 6.45) is 0. The SMILES string of the molecule is CO[Si](CC[Si](C)(C)O)(O[Si](C)(C)C)O[Si](C)(C)C. The molecule has 1 N–H and O–H groups in total. The third kappa shape index (κ3) is 10.1. The lowest BCUT2D eigenvalue weighted by atomic mass is 10.9. The van der Waals surface area contributed by atoms with Crippen molar-refractivity contribution < 1.29 is 17.5 Å². The average molecular weight is 341 g/mol. The Morgan fingerprint density at radius 1 is 0.737 bits per heavy atom. The van der Waals surface area contributed by atoms with Crippen molar-refractivity contribution >= 4 is 33.8 Å². The molecule has 0 aromatic rings. The summed E-state index contributed by atoms with van der Waals surface area (Å²) in [5.74, 6) is 0. The molecule has 0 fully saturated rings. The van der Waals surface area contributed by atoms with E-state index in [9.17, 15) is 4.80 Å². The molecule has 0 saturated heterocycles. The molecule has 0 aromatic carbocycles. The summed E-state index contributed by atoms with van der Waals surface area (Å²) < 4.78 is 18.4.